The number of hydrogen-bond donors (Lipinski definition) is 1. The highest BCUT2D eigenvalue weighted by Crippen LogP contribution is 2.18. The molecule has 1 saturated heterocycles. The Morgan fingerprint density at radius 3 is 2.80 bits per heavy atom. The first-order valence-electron chi connectivity index (χ1n) is 6.83. The molecule has 0 bridgehead atoms. The van der Waals surface area contributed by atoms with Crippen molar-refractivity contribution >= 4 is 24.1 Å². The summed E-state index contributed by atoms with van der Waals surface area (Å²) in [4.78, 5) is 31.4. The molecule has 0 radical (unpaired) electrons. The molecule has 3 amide bonds. The van der Waals surface area contributed by atoms with Crippen LogP contribution in [0.25, 0.3) is 0 Å². The van der Waals surface area contributed by atoms with E-state index in [1.165, 1.54) is 9.80 Å². The van der Waals surface area contributed by atoms with Gasteiger partial charge in [-0.05, 0) is 31.2 Å². The van der Waals surface area contributed by atoms with Gasteiger partial charge in [0.1, 0.15) is 0 Å². The predicted molar refractivity (Wildman–Crippen MR) is 73.9 cm³/mol. The SMILES string of the molecule is C[C@H](O)CCCCN1C(=O)C2C(=NC=[N+]2C)N(C)C1=O. The van der Waals surface area contributed by atoms with Crippen LogP contribution < -0.4 is 0 Å². The summed E-state index contributed by atoms with van der Waals surface area (Å²) in [6.45, 7) is 2.11. The highest BCUT2D eigenvalue weighted by molar-refractivity contribution is 6.21. The number of hydrogen-bond acceptors (Lipinski definition) is 4. The first-order chi connectivity index (χ1) is 9.43. The number of carbonyl (C=O) groups is 2. The quantitative estimate of drug-likeness (QED) is 0.564. The Bertz CT molecular complexity index is 484. The number of carbonyl (C=O) groups excluding carboxylic acids is 2. The fourth-order valence-corrected chi connectivity index (χ4v) is 2.46. The summed E-state index contributed by atoms with van der Waals surface area (Å²) in [7, 11) is 3.41. The number of likely N-dealkylation sites (N-methyl/N-ethyl adjacent to an activating group) is 2. The zero-order valence-corrected chi connectivity index (χ0v) is 12.1. The zero-order chi connectivity index (χ0) is 14.9. The van der Waals surface area contributed by atoms with Gasteiger partial charge in [-0.25, -0.2) is 9.37 Å². The summed E-state index contributed by atoms with van der Waals surface area (Å²) in [6.07, 6.45) is 3.38. The van der Waals surface area contributed by atoms with Crippen molar-refractivity contribution in [3.8, 4) is 0 Å². The van der Waals surface area contributed by atoms with Gasteiger partial charge in [-0.2, -0.15) is 0 Å². The van der Waals surface area contributed by atoms with Crippen LogP contribution in [0.1, 0.15) is 26.2 Å². The highest BCUT2D eigenvalue weighted by Gasteiger charge is 2.50. The Morgan fingerprint density at radius 2 is 2.15 bits per heavy atom. The molecule has 20 heavy (non-hydrogen) atoms. The molecular weight excluding hydrogens is 260 g/mol. The number of aliphatic hydroxyl groups is 1. The molecule has 2 aliphatic heterocycles. The molecule has 7 nitrogen and oxygen atoms in total. The minimum Gasteiger partial charge on any atom is -0.393 e. The van der Waals surface area contributed by atoms with E-state index in [-0.39, 0.29) is 18.0 Å². The summed E-state index contributed by atoms with van der Waals surface area (Å²) >= 11 is 0. The molecule has 2 atom stereocenters. The van der Waals surface area contributed by atoms with Crippen molar-refractivity contribution in [3.05, 3.63) is 0 Å². The number of imide groups is 1. The topological polar surface area (TPSA) is 76.2 Å². The van der Waals surface area contributed by atoms with Crippen LogP contribution in [-0.4, -0.2) is 76.4 Å². The normalized spacial score (nSPS) is 23.7. The van der Waals surface area contributed by atoms with Gasteiger partial charge in [0.2, 0.25) is 0 Å². The number of urea groups is 1. The van der Waals surface area contributed by atoms with Crippen molar-refractivity contribution in [2.45, 2.75) is 38.3 Å². The summed E-state index contributed by atoms with van der Waals surface area (Å²) in [5.74, 6) is 0.267. The Kier molecular flexibility index (Phi) is 4.17. The Morgan fingerprint density at radius 1 is 1.45 bits per heavy atom. The van der Waals surface area contributed by atoms with Crippen molar-refractivity contribution in [3.63, 3.8) is 0 Å². The van der Waals surface area contributed by atoms with Crippen molar-refractivity contribution in [2.24, 2.45) is 4.99 Å². The average Bonchev–Trinajstić information content (AvgIpc) is 2.77. The second-order valence-electron chi connectivity index (χ2n) is 5.35. The molecular formula is C13H21N4O3+. The molecule has 7 heteroatoms. The van der Waals surface area contributed by atoms with E-state index < -0.39 is 6.04 Å². The van der Waals surface area contributed by atoms with Crippen LogP contribution in [0.5, 0.6) is 0 Å². The third-order valence-electron chi connectivity index (χ3n) is 3.64. The summed E-state index contributed by atoms with van der Waals surface area (Å²) < 4.78 is 1.71. The fourth-order valence-electron chi connectivity index (χ4n) is 2.46. The van der Waals surface area contributed by atoms with Gasteiger partial charge in [0.05, 0.1) is 13.2 Å². The minimum absolute atomic E-state index is 0.222. The molecule has 0 spiro atoms. The number of aliphatic hydroxyl groups excluding tert-OH is 1. The third kappa shape index (κ3) is 2.58. The lowest BCUT2D eigenvalue weighted by molar-refractivity contribution is -0.500. The Balaban J connectivity index is 2.02. The van der Waals surface area contributed by atoms with Gasteiger partial charge in [-0.1, -0.05) is 0 Å². The molecule has 1 fully saturated rings. The molecule has 2 heterocycles. The second kappa shape index (κ2) is 5.70. The second-order valence-corrected chi connectivity index (χ2v) is 5.35. The van der Waals surface area contributed by atoms with Gasteiger partial charge in [0.25, 0.3) is 24.1 Å². The smallest absolute Gasteiger partial charge is 0.333 e. The zero-order valence-electron chi connectivity index (χ0n) is 12.1. The van der Waals surface area contributed by atoms with Crippen LogP contribution in [0.2, 0.25) is 0 Å². The summed E-state index contributed by atoms with van der Waals surface area (Å²) in [5.41, 5.74) is 0. The van der Waals surface area contributed by atoms with Gasteiger partial charge in [0, 0.05) is 13.6 Å². The van der Waals surface area contributed by atoms with E-state index in [2.05, 4.69) is 4.99 Å². The maximum absolute atomic E-state index is 12.4. The van der Waals surface area contributed by atoms with E-state index in [0.29, 0.717) is 25.2 Å². The molecule has 110 valence electrons. The lowest BCUT2D eigenvalue weighted by atomic mass is 10.1. The van der Waals surface area contributed by atoms with E-state index in [9.17, 15) is 14.7 Å². The number of rotatable bonds is 5. The molecule has 0 saturated carbocycles. The van der Waals surface area contributed by atoms with Crippen molar-refractivity contribution in [1.82, 2.24) is 9.80 Å². The van der Waals surface area contributed by atoms with E-state index in [1.54, 1.807) is 31.9 Å². The van der Waals surface area contributed by atoms with Crippen molar-refractivity contribution < 1.29 is 19.3 Å². The van der Waals surface area contributed by atoms with E-state index in [1.807, 2.05) is 0 Å². The van der Waals surface area contributed by atoms with Gasteiger partial charge in [-0.3, -0.25) is 14.6 Å². The number of nitrogens with zero attached hydrogens (tertiary/aromatic N) is 4. The first-order valence-corrected chi connectivity index (χ1v) is 6.83. The Hall–Kier alpha value is -1.76. The van der Waals surface area contributed by atoms with Gasteiger partial charge < -0.3 is 5.11 Å². The third-order valence-corrected chi connectivity index (χ3v) is 3.64. The summed E-state index contributed by atoms with van der Waals surface area (Å²) in [6, 6.07) is -0.819. The maximum Gasteiger partial charge on any atom is 0.333 e. The number of amides is 3. The van der Waals surface area contributed by atoms with Crippen LogP contribution in [0, 0.1) is 0 Å². The molecule has 2 rings (SSSR count). The molecule has 1 N–H and O–H groups in total. The highest BCUT2D eigenvalue weighted by atomic mass is 16.3. The lowest BCUT2D eigenvalue weighted by Gasteiger charge is -2.32. The molecule has 1 unspecified atom stereocenters. The Labute approximate surface area is 118 Å². The van der Waals surface area contributed by atoms with Crippen LogP contribution >= 0.6 is 0 Å². The molecule has 0 aromatic rings. The maximum atomic E-state index is 12.4. The van der Waals surface area contributed by atoms with Crippen molar-refractivity contribution in [1.29, 1.82) is 0 Å². The average molecular weight is 281 g/mol. The first kappa shape index (κ1) is 14.6. The molecule has 0 aromatic heterocycles. The van der Waals surface area contributed by atoms with Gasteiger partial charge in [-0.15, -0.1) is 0 Å². The number of amidine groups is 1. The number of aliphatic imine (C=N–C) groups is 1. The van der Waals surface area contributed by atoms with Gasteiger partial charge >= 0.3 is 6.03 Å². The number of fused-ring (bicyclic) bond motifs is 1. The molecule has 2 aliphatic rings. The van der Waals surface area contributed by atoms with Gasteiger partial charge in [0.15, 0.2) is 0 Å². The predicted octanol–water partition coefficient (Wildman–Crippen LogP) is -0.117. The van der Waals surface area contributed by atoms with Crippen LogP contribution in [-0.2, 0) is 4.79 Å². The largest absolute Gasteiger partial charge is 0.393 e. The monoisotopic (exact) mass is 281 g/mol. The molecule has 0 aromatic carbocycles. The van der Waals surface area contributed by atoms with Crippen molar-refractivity contribution in [2.75, 3.05) is 20.6 Å². The standard InChI is InChI=1S/C13H21N4O3/c1-9(18)6-4-5-7-17-12(19)10-11(14-8-15(10)2)16(3)13(17)20/h8-10,18H,4-7H2,1-3H3/q+1/t9-,10?/m0/s1. The number of unbranched alkanes of at least 4 members (excludes halogenated alkanes) is 1. The van der Waals surface area contributed by atoms with E-state index in [4.69, 9.17) is 0 Å². The molecule has 0 aliphatic carbocycles. The fraction of sp³-hybridized carbons (Fsp3) is 0.692. The van der Waals surface area contributed by atoms with Crippen LogP contribution in [0.4, 0.5) is 4.79 Å². The van der Waals surface area contributed by atoms with Crippen LogP contribution in [0.15, 0.2) is 4.99 Å². The summed E-state index contributed by atoms with van der Waals surface area (Å²) in [5, 5.41) is 9.21. The lowest BCUT2D eigenvalue weighted by Crippen LogP contribution is -2.62. The minimum atomic E-state index is -0.491. The van der Waals surface area contributed by atoms with E-state index in [0.717, 1.165) is 6.42 Å². The van der Waals surface area contributed by atoms with E-state index >= 15 is 0 Å². The van der Waals surface area contributed by atoms with Crippen LogP contribution in [0.3, 0.4) is 0 Å².